The van der Waals surface area contributed by atoms with Crippen LogP contribution in [0.2, 0.25) is 0 Å². The molecule has 0 unspecified atom stereocenters. The predicted octanol–water partition coefficient (Wildman–Crippen LogP) is 4.55. The van der Waals surface area contributed by atoms with Crippen LogP contribution in [-0.2, 0) is 12.8 Å². The van der Waals surface area contributed by atoms with Crippen LogP contribution < -0.4 is 4.74 Å². The number of aryl methyl sites for hydroxylation is 2. The number of rotatable bonds is 6. The molecule has 0 aliphatic rings. The molecular weight excluding hydrogens is 331 g/mol. The van der Waals surface area contributed by atoms with Gasteiger partial charge in [0.25, 0.3) is 0 Å². The van der Waals surface area contributed by atoms with Crippen molar-refractivity contribution >= 4 is 0 Å². The van der Waals surface area contributed by atoms with Crippen LogP contribution in [0.15, 0.2) is 54.6 Å². The second-order valence-electron chi connectivity index (χ2n) is 5.52. The fourth-order valence-corrected chi connectivity index (χ4v) is 2.45. The number of hydrogen-bond acceptors (Lipinski definition) is 3. The molecule has 0 bridgehead atoms. The number of alkyl halides is 3. The number of nitrogens with one attached hydrogen (secondary N) is 1. The molecule has 1 heterocycles. The van der Waals surface area contributed by atoms with Gasteiger partial charge >= 0.3 is 6.36 Å². The van der Waals surface area contributed by atoms with E-state index >= 15 is 0 Å². The van der Waals surface area contributed by atoms with Crippen molar-refractivity contribution < 1.29 is 17.9 Å². The smallest absolute Gasteiger partial charge is 0.406 e. The standard InChI is InChI=1S/C18H16F3N3O/c19-18(20,21)25-15-11-9-14(10-12-15)17-22-16(23-24-17)8-4-7-13-5-2-1-3-6-13/h1-3,5-6,9-12H,4,7-8H2,(H,22,23,24). The van der Waals surface area contributed by atoms with Crippen molar-refractivity contribution in [2.75, 3.05) is 0 Å². The first-order chi connectivity index (χ1) is 12.0. The molecule has 2 aromatic carbocycles. The first-order valence-electron chi connectivity index (χ1n) is 7.81. The summed E-state index contributed by atoms with van der Waals surface area (Å²) < 4.78 is 40.3. The maximum atomic E-state index is 12.2. The normalized spacial score (nSPS) is 11.5. The van der Waals surface area contributed by atoms with Gasteiger partial charge in [0.15, 0.2) is 5.82 Å². The Bertz CT molecular complexity index is 798. The molecule has 0 aliphatic carbocycles. The second kappa shape index (κ2) is 7.38. The van der Waals surface area contributed by atoms with E-state index in [1.54, 1.807) is 0 Å². The number of aromatic amines is 1. The van der Waals surface area contributed by atoms with E-state index < -0.39 is 6.36 Å². The summed E-state index contributed by atoms with van der Waals surface area (Å²) in [5, 5.41) is 6.99. The first kappa shape index (κ1) is 17.0. The van der Waals surface area contributed by atoms with Crippen LogP contribution in [0.25, 0.3) is 11.4 Å². The van der Waals surface area contributed by atoms with E-state index in [0.29, 0.717) is 11.4 Å². The van der Waals surface area contributed by atoms with Crippen molar-refractivity contribution in [1.82, 2.24) is 15.2 Å². The van der Waals surface area contributed by atoms with Gasteiger partial charge in [-0.25, -0.2) is 4.98 Å². The van der Waals surface area contributed by atoms with E-state index in [4.69, 9.17) is 0 Å². The zero-order chi connectivity index (χ0) is 17.7. The van der Waals surface area contributed by atoms with Gasteiger partial charge in [-0.3, -0.25) is 5.10 Å². The van der Waals surface area contributed by atoms with Gasteiger partial charge in [-0.2, -0.15) is 5.10 Å². The molecular formula is C18H16F3N3O. The Kier molecular flexibility index (Phi) is 5.02. The van der Waals surface area contributed by atoms with Crippen LogP contribution in [-0.4, -0.2) is 21.5 Å². The Labute approximate surface area is 142 Å². The largest absolute Gasteiger partial charge is 0.573 e. The number of nitrogens with zero attached hydrogens (tertiary/aromatic N) is 2. The summed E-state index contributed by atoms with van der Waals surface area (Å²) in [4.78, 5) is 4.39. The average Bonchev–Trinajstić information content (AvgIpc) is 3.04. The molecule has 0 saturated carbocycles. The van der Waals surface area contributed by atoms with Gasteiger partial charge in [0.1, 0.15) is 11.6 Å². The van der Waals surface area contributed by atoms with Gasteiger partial charge in [-0.05, 0) is 42.7 Å². The quantitative estimate of drug-likeness (QED) is 0.712. The van der Waals surface area contributed by atoms with Crippen LogP contribution in [0.5, 0.6) is 5.75 Å². The Hall–Kier alpha value is -2.83. The molecule has 0 amide bonds. The summed E-state index contributed by atoms with van der Waals surface area (Å²) in [7, 11) is 0. The molecule has 0 radical (unpaired) electrons. The predicted molar refractivity (Wildman–Crippen MR) is 87.0 cm³/mol. The molecule has 3 aromatic rings. The van der Waals surface area contributed by atoms with Crippen molar-refractivity contribution in [2.24, 2.45) is 0 Å². The lowest BCUT2D eigenvalue weighted by atomic mass is 10.1. The van der Waals surface area contributed by atoms with Crippen molar-refractivity contribution in [3.63, 3.8) is 0 Å². The highest BCUT2D eigenvalue weighted by molar-refractivity contribution is 5.55. The summed E-state index contributed by atoms with van der Waals surface area (Å²) >= 11 is 0. The lowest BCUT2D eigenvalue weighted by Crippen LogP contribution is -2.16. The highest BCUT2D eigenvalue weighted by Gasteiger charge is 2.31. The summed E-state index contributed by atoms with van der Waals surface area (Å²) in [6, 6.07) is 15.6. The molecule has 1 aromatic heterocycles. The number of H-pyrrole nitrogens is 1. The Balaban J connectivity index is 1.57. The molecule has 4 nitrogen and oxygen atoms in total. The van der Waals surface area contributed by atoms with Crippen LogP contribution in [0.4, 0.5) is 13.2 Å². The van der Waals surface area contributed by atoms with Gasteiger partial charge in [-0.15, -0.1) is 13.2 Å². The fraction of sp³-hybridized carbons (Fsp3) is 0.222. The van der Waals surface area contributed by atoms with Crippen molar-refractivity contribution in [1.29, 1.82) is 0 Å². The summed E-state index contributed by atoms with van der Waals surface area (Å²) in [5.74, 6) is 0.935. The minimum Gasteiger partial charge on any atom is -0.406 e. The van der Waals surface area contributed by atoms with E-state index in [2.05, 4.69) is 32.1 Å². The SMILES string of the molecule is FC(F)(F)Oc1ccc(-c2n[nH]c(CCCc3ccccc3)n2)cc1. The molecule has 3 rings (SSSR count). The summed E-state index contributed by atoms with van der Waals surface area (Å²) in [5.41, 5.74) is 1.89. The summed E-state index contributed by atoms with van der Waals surface area (Å²) in [6.07, 6.45) is -2.08. The third-order valence-electron chi connectivity index (χ3n) is 3.60. The van der Waals surface area contributed by atoms with Crippen molar-refractivity contribution in [3.05, 3.63) is 66.0 Å². The van der Waals surface area contributed by atoms with Gasteiger partial charge < -0.3 is 4.74 Å². The minimum atomic E-state index is -4.70. The zero-order valence-corrected chi connectivity index (χ0v) is 13.3. The fourth-order valence-electron chi connectivity index (χ4n) is 2.45. The molecule has 1 N–H and O–H groups in total. The molecule has 25 heavy (non-hydrogen) atoms. The highest BCUT2D eigenvalue weighted by Crippen LogP contribution is 2.25. The minimum absolute atomic E-state index is 0.269. The lowest BCUT2D eigenvalue weighted by Gasteiger charge is -2.08. The maximum absolute atomic E-state index is 12.2. The Morgan fingerprint density at radius 3 is 2.32 bits per heavy atom. The van der Waals surface area contributed by atoms with Crippen LogP contribution >= 0.6 is 0 Å². The molecule has 0 fully saturated rings. The summed E-state index contributed by atoms with van der Waals surface area (Å²) in [6.45, 7) is 0. The number of hydrogen-bond donors (Lipinski definition) is 1. The van der Waals surface area contributed by atoms with Crippen LogP contribution in [0, 0.1) is 0 Å². The van der Waals surface area contributed by atoms with Crippen molar-refractivity contribution in [2.45, 2.75) is 25.6 Å². The third-order valence-corrected chi connectivity index (χ3v) is 3.60. The second-order valence-corrected chi connectivity index (χ2v) is 5.52. The Morgan fingerprint density at radius 1 is 0.920 bits per heavy atom. The van der Waals surface area contributed by atoms with Crippen molar-refractivity contribution in [3.8, 4) is 17.1 Å². The average molecular weight is 347 g/mol. The van der Waals surface area contributed by atoms with E-state index in [1.165, 1.54) is 29.8 Å². The lowest BCUT2D eigenvalue weighted by molar-refractivity contribution is -0.274. The number of benzene rings is 2. The van der Waals surface area contributed by atoms with E-state index in [9.17, 15) is 13.2 Å². The Morgan fingerprint density at radius 2 is 1.64 bits per heavy atom. The van der Waals surface area contributed by atoms with Crippen LogP contribution in [0.1, 0.15) is 17.8 Å². The van der Waals surface area contributed by atoms with Gasteiger partial charge in [-0.1, -0.05) is 30.3 Å². The van der Waals surface area contributed by atoms with E-state index in [1.807, 2.05) is 18.2 Å². The van der Waals surface area contributed by atoms with Gasteiger partial charge in [0.2, 0.25) is 0 Å². The maximum Gasteiger partial charge on any atom is 0.573 e. The molecule has 7 heteroatoms. The van der Waals surface area contributed by atoms with E-state index in [-0.39, 0.29) is 5.75 Å². The molecule has 0 saturated heterocycles. The molecule has 0 spiro atoms. The zero-order valence-electron chi connectivity index (χ0n) is 13.3. The monoisotopic (exact) mass is 347 g/mol. The topological polar surface area (TPSA) is 50.8 Å². The molecule has 130 valence electrons. The third kappa shape index (κ3) is 5.07. The number of halogens is 3. The number of aromatic nitrogens is 3. The molecule has 0 atom stereocenters. The van der Waals surface area contributed by atoms with Gasteiger partial charge in [0.05, 0.1) is 0 Å². The first-order valence-corrected chi connectivity index (χ1v) is 7.81. The highest BCUT2D eigenvalue weighted by atomic mass is 19.4. The van der Waals surface area contributed by atoms with E-state index in [0.717, 1.165) is 25.1 Å². The molecule has 0 aliphatic heterocycles. The van der Waals surface area contributed by atoms with Crippen LogP contribution in [0.3, 0.4) is 0 Å². The van der Waals surface area contributed by atoms with Gasteiger partial charge in [0, 0.05) is 12.0 Å². The number of ether oxygens (including phenoxy) is 1.